The van der Waals surface area contributed by atoms with E-state index in [2.05, 4.69) is 4.98 Å². The van der Waals surface area contributed by atoms with E-state index >= 15 is 0 Å². The average molecular weight is 262 g/mol. The lowest BCUT2D eigenvalue weighted by Crippen LogP contribution is -2.13. The van der Waals surface area contributed by atoms with Crippen molar-refractivity contribution >= 4 is 0 Å². The minimum atomic E-state index is -1.30. The number of halogens is 2. The number of nitriles is 1. The summed E-state index contributed by atoms with van der Waals surface area (Å²) >= 11 is 0. The first-order valence-electron chi connectivity index (χ1n) is 5.27. The number of phenolic OH excluding ortho intramolecular Hbond substituents is 1. The molecule has 0 aliphatic rings. The molecule has 4 nitrogen and oxygen atoms in total. The summed E-state index contributed by atoms with van der Waals surface area (Å²) in [4.78, 5) is 14.0. The van der Waals surface area contributed by atoms with Crippen LogP contribution in [0.5, 0.6) is 5.75 Å². The molecule has 0 saturated carbocycles. The number of benzene rings is 1. The zero-order chi connectivity index (χ0) is 14.2. The lowest BCUT2D eigenvalue weighted by molar-refractivity contribution is 0.458. The van der Waals surface area contributed by atoms with Crippen LogP contribution in [0.2, 0.25) is 0 Å². The first-order chi connectivity index (χ1) is 8.95. The second-order valence-corrected chi connectivity index (χ2v) is 3.94. The van der Waals surface area contributed by atoms with Gasteiger partial charge in [0.2, 0.25) is 0 Å². The molecule has 1 aromatic carbocycles. The molecule has 0 amide bonds. The Hall–Kier alpha value is -2.68. The van der Waals surface area contributed by atoms with Gasteiger partial charge in [0.15, 0.2) is 11.6 Å². The van der Waals surface area contributed by atoms with Gasteiger partial charge >= 0.3 is 0 Å². The third-order valence-corrected chi connectivity index (χ3v) is 2.62. The fourth-order valence-electron chi connectivity index (χ4n) is 1.79. The highest BCUT2D eigenvalue weighted by atomic mass is 19.2. The Balaban J connectivity index is 2.92. The number of aromatic hydroxyl groups is 1. The van der Waals surface area contributed by atoms with Crippen molar-refractivity contribution in [3.05, 3.63) is 51.4 Å². The molecule has 19 heavy (non-hydrogen) atoms. The van der Waals surface area contributed by atoms with E-state index in [1.165, 1.54) is 13.0 Å². The van der Waals surface area contributed by atoms with Crippen molar-refractivity contribution in [3.8, 4) is 22.9 Å². The van der Waals surface area contributed by atoms with Crippen molar-refractivity contribution in [1.29, 1.82) is 5.26 Å². The molecular weight excluding hydrogens is 254 g/mol. The molecule has 0 bridgehead atoms. The van der Waals surface area contributed by atoms with Gasteiger partial charge in [0.05, 0.1) is 5.56 Å². The smallest absolute Gasteiger partial charge is 0.266 e. The maximum atomic E-state index is 13.8. The Bertz CT molecular complexity index is 760. The van der Waals surface area contributed by atoms with Crippen LogP contribution in [0.4, 0.5) is 8.78 Å². The number of hydrogen-bond donors (Lipinski definition) is 2. The van der Waals surface area contributed by atoms with Crippen LogP contribution < -0.4 is 5.56 Å². The van der Waals surface area contributed by atoms with Gasteiger partial charge in [0, 0.05) is 11.3 Å². The van der Waals surface area contributed by atoms with Crippen LogP contribution in [-0.2, 0) is 0 Å². The van der Waals surface area contributed by atoms with Crippen LogP contribution in [0, 0.1) is 29.9 Å². The molecule has 1 aromatic heterocycles. The Kier molecular flexibility index (Phi) is 3.05. The highest BCUT2D eigenvalue weighted by molar-refractivity contribution is 5.75. The van der Waals surface area contributed by atoms with E-state index in [0.29, 0.717) is 5.69 Å². The van der Waals surface area contributed by atoms with Gasteiger partial charge < -0.3 is 10.1 Å². The molecule has 0 spiro atoms. The van der Waals surface area contributed by atoms with E-state index in [0.717, 1.165) is 12.1 Å². The number of aromatic amines is 1. The quantitative estimate of drug-likeness (QED) is 0.827. The minimum absolute atomic E-state index is 0.141. The number of aryl methyl sites for hydroxylation is 1. The highest BCUT2D eigenvalue weighted by Crippen LogP contribution is 2.34. The molecule has 2 N–H and O–H groups in total. The standard InChI is InChI=1S/C13H8F2N2O2/c1-6-4-7(8(5-16)13(19)17-6)11-10(18)3-2-9(14)12(11)15/h2-4,18H,1H3,(H,17,19). The molecule has 0 aliphatic carbocycles. The second kappa shape index (κ2) is 4.53. The Morgan fingerprint density at radius 1 is 1.37 bits per heavy atom. The summed E-state index contributed by atoms with van der Waals surface area (Å²) in [6.07, 6.45) is 0. The Labute approximate surface area is 106 Å². The van der Waals surface area contributed by atoms with Crippen LogP contribution in [0.3, 0.4) is 0 Å². The molecule has 0 saturated heterocycles. The Morgan fingerprint density at radius 2 is 2.05 bits per heavy atom. The maximum Gasteiger partial charge on any atom is 0.266 e. The molecule has 2 rings (SSSR count). The minimum Gasteiger partial charge on any atom is -0.507 e. The van der Waals surface area contributed by atoms with Crippen LogP contribution in [0.1, 0.15) is 11.3 Å². The SMILES string of the molecule is Cc1cc(-c2c(O)ccc(F)c2F)c(C#N)c(=O)[nH]1. The summed E-state index contributed by atoms with van der Waals surface area (Å²) in [5.74, 6) is -3.02. The second-order valence-electron chi connectivity index (χ2n) is 3.94. The van der Waals surface area contributed by atoms with Gasteiger partial charge in [-0.05, 0) is 25.1 Å². The molecule has 1 heterocycles. The number of H-pyrrole nitrogens is 1. The number of aromatic nitrogens is 1. The van der Waals surface area contributed by atoms with Crippen LogP contribution >= 0.6 is 0 Å². The topological polar surface area (TPSA) is 76.9 Å². The normalized spacial score (nSPS) is 10.2. The summed E-state index contributed by atoms with van der Waals surface area (Å²) in [7, 11) is 0. The number of hydrogen-bond acceptors (Lipinski definition) is 3. The number of nitrogens with one attached hydrogen (secondary N) is 1. The van der Waals surface area contributed by atoms with E-state index < -0.39 is 28.5 Å². The number of nitrogens with zero attached hydrogens (tertiary/aromatic N) is 1. The van der Waals surface area contributed by atoms with E-state index in [1.807, 2.05) is 0 Å². The molecule has 2 aromatic rings. The van der Waals surface area contributed by atoms with Crippen LogP contribution in [0.25, 0.3) is 11.1 Å². The fourth-order valence-corrected chi connectivity index (χ4v) is 1.79. The third kappa shape index (κ3) is 2.06. The number of rotatable bonds is 1. The molecular formula is C13H8F2N2O2. The largest absolute Gasteiger partial charge is 0.507 e. The predicted molar refractivity (Wildman–Crippen MR) is 63.5 cm³/mol. The van der Waals surface area contributed by atoms with Crippen molar-refractivity contribution in [2.24, 2.45) is 0 Å². The van der Waals surface area contributed by atoms with Crippen LogP contribution in [-0.4, -0.2) is 10.1 Å². The van der Waals surface area contributed by atoms with E-state index in [9.17, 15) is 18.7 Å². The van der Waals surface area contributed by atoms with E-state index in [-0.39, 0.29) is 11.1 Å². The van der Waals surface area contributed by atoms with E-state index in [1.54, 1.807) is 6.07 Å². The highest BCUT2D eigenvalue weighted by Gasteiger charge is 2.20. The van der Waals surface area contributed by atoms with Gasteiger partial charge in [-0.25, -0.2) is 8.78 Å². The van der Waals surface area contributed by atoms with Crippen LogP contribution in [0.15, 0.2) is 23.0 Å². The first kappa shape index (κ1) is 12.8. The molecule has 0 aliphatic heterocycles. The van der Waals surface area contributed by atoms with Crippen molar-refractivity contribution < 1.29 is 13.9 Å². The van der Waals surface area contributed by atoms with Crippen molar-refractivity contribution in [3.63, 3.8) is 0 Å². The van der Waals surface area contributed by atoms with Crippen molar-refractivity contribution in [2.75, 3.05) is 0 Å². The van der Waals surface area contributed by atoms with Gasteiger partial charge in [-0.1, -0.05) is 0 Å². The lowest BCUT2D eigenvalue weighted by atomic mass is 9.99. The summed E-state index contributed by atoms with van der Waals surface area (Å²) in [6.45, 7) is 1.53. The van der Waals surface area contributed by atoms with Crippen molar-refractivity contribution in [2.45, 2.75) is 6.92 Å². The molecule has 0 radical (unpaired) electrons. The fraction of sp³-hybridized carbons (Fsp3) is 0.0769. The monoisotopic (exact) mass is 262 g/mol. The van der Waals surface area contributed by atoms with Gasteiger partial charge in [-0.15, -0.1) is 0 Å². The summed E-state index contributed by atoms with van der Waals surface area (Å²) in [5.41, 5.74) is -1.38. The number of pyridine rings is 1. The zero-order valence-electron chi connectivity index (χ0n) is 9.79. The maximum absolute atomic E-state index is 13.8. The average Bonchev–Trinajstić information content (AvgIpc) is 2.34. The van der Waals surface area contributed by atoms with Gasteiger partial charge in [-0.3, -0.25) is 4.79 Å². The van der Waals surface area contributed by atoms with Gasteiger partial charge in [-0.2, -0.15) is 5.26 Å². The Morgan fingerprint density at radius 3 is 2.68 bits per heavy atom. The third-order valence-electron chi connectivity index (χ3n) is 2.62. The molecule has 0 fully saturated rings. The van der Waals surface area contributed by atoms with Gasteiger partial charge in [0.1, 0.15) is 17.4 Å². The van der Waals surface area contributed by atoms with E-state index in [4.69, 9.17) is 5.26 Å². The molecule has 96 valence electrons. The number of phenols is 1. The predicted octanol–water partition coefficient (Wildman–Crippen LogP) is 2.21. The first-order valence-corrected chi connectivity index (χ1v) is 5.27. The van der Waals surface area contributed by atoms with Gasteiger partial charge in [0.25, 0.3) is 5.56 Å². The summed E-state index contributed by atoms with van der Waals surface area (Å²) in [6, 6.07) is 4.65. The summed E-state index contributed by atoms with van der Waals surface area (Å²) in [5, 5.41) is 18.6. The molecule has 6 heteroatoms. The molecule has 0 unspecified atom stereocenters. The van der Waals surface area contributed by atoms with Crippen molar-refractivity contribution in [1.82, 2.24) is 4.98 Å². The zero-order valence-corrected chi connectivity index (χ0v) is 9.79. The molecule has 0 atom stereocenters. The lowest BCUT2D eigenvalue weighted by Gasteiger charge is -2.09. The summed E-state index contributed by atoms with van der Waals surface area (Å²) < 4.78 is 27.0.